The van der Waals surface area contributed by atoms with Gasteiger partial charge in [0, 0.05) is 13.1 Å². The molecule has 6 nitrogen and oxygen atoms in total. The number of carbonyl (C=O) groups is 2. The second-order valence-corrected chi connectivity index (χ2v) is 6.52. The van der Waals surface area contributed by atoms with Gasteiger partial charge in [-0.25, -0.2) is 0 Å². The molecule has 2 rings (SSSR count). The number of rotatable bonds is 7. The molecule has 1 amide bonds. The number of piperidine rings is 1. The van der Waals surface area contributed by atoms with Gasteiger partial charge < -0.3 is 15.2 Å². The number of carbonyl (C=O) groups excluding carboxylic acids is 1. The molecule has 0 radical (unpaired) electrons. The number of benzene rings is 1. The van der Waals surface area contributed by atoms with E-state index in [0.29, 0.717) is 16.7 Å². The number of aliphatic carboxylic acids is 1. The second kappa shape index (κ2) is 10.8. The molecule has 0 bridgehead atoms. The van der Waals surface area contributed by atoms with Gasteiger partial charge in [-0.15, -0.1) is 12.4 Å². The van der Waals surface area contributed by atoms with Crippen LogP contribution in [0.4, 0.5) is 0 Å². The minimum Gasteiger partial charge on any atom is -0.480 e. The number of hydrogen-bond acceptors (Lipinski definition) is 4. The van der Waals surface area contributed by atoms with Crippen molar-refractivity contribution in [1.29, 1.82) is 0 Å². The van der Waals surface area contributed by atoms with Crippen LogP contribution in [0.25, 0.3) is 0 Å². The Hall–Kier alpha value is -1.05. The SMILES string of the molecule is Cl.O=C(O)CNC(=O)CN1CCC(OCc2ccc(Cl)c(Cl)c2)CC1. The Morgan fingerprint density at radius 3 is 2.52 bits per heavy atom. The summed E-state index contributed by atoms with van der Waals surface area (Å²) in [5, 5.41) is 11.9. The van der Waals surface area contributed by atoms with Crippen LogP contribution in [0, 0.1) is 0 Å². The highest BCUT2D eigenvalue weighted by Crippen LogP contribution is 2.23. The Kier molecular flexibility index (Phi) is 9.53. The predicted octanol–water partition coefficient (Wildman–Crippen LogP) is 2.60. The van der Waals surface area contributed by atoms with Gasteiger partial charge in [0.1, 0.15) is 6.54 Å². The lowest BCUT2D eigenvalue weighted by Crippen LogP contribution is -2.44. The molecular weight excluding hydrogens is 391 g/mol. The first-order valence-corrected chi connectivity index (χ1v) is 8.46. The fourth-order valence-electron chi connectivity index (χ4n) is 2.51. The first-order chi connectivity index (χ1) is 11.4. The summed E-state index contributed by atoms with van der Waals surface area (Å²) in [7, 11) is 0. The van der Waals surface area contributed by atoms with E-state index in [1.807, 2.05) is 11.0 Å². The number of carboxylic acids is 1. The molecule has 1 heterocycles. The number of nitrogens with zero attached hydrogens (tertiary/aromatic N) is 1. The van der Waals surface area contributed by atoms with Crippen LogP contribution in [0.1, 0.15) is 18.4 Å². The number of likely N-dealkylation sites (tertiary alicyclic amines) is 1. The van der Waals surface area contributed by atoms with E-state index in [-0.39, 0.29) is 37.5 Å². The Morgan fingerprint density at radius 1 is 1.24 bits per heavy atom. The van der Waals surface area contributed by atoms with Gasteiger partial charge in [0.25, 0.3) is 0 Å². The maximum Gasteiger partial charge on any atom is 0.322 e. The van der Waals surface area contributed by atoms with E-state index in [4.69, 9.17) is 33.0 Å². The smallest absolute Gasteiger partial charge is 0.322 e. The van der Waals surface area contributed by atoms with Gasteiger partial charge in [-0.05, 0) is 30.5 Å². The van der Waals surface area contributed by atoms with Crippen molar-refractivity contribution in [3.05, 3.63) is 33.8 Å². The van der Waals surface area contributed by atoms with Crippen molar-refractivity contribution in [3.8, 4) is 0 Å². The third kappa shape index (κ3) is 7.79. The highest BCUT2D eigenvalue weighted by atomic mass is 35.5. The molecule has 0 saturated carbocycles. The lowest BCUT2D eigenvalue weighted by Gasteiger charge is -2.31. The van der Waals surface area contributed by atoms with Gasteiger partial charge in [0.15, 0.2) is 0 Å². The molecule has 0 aromatic heterocycles. The largest absolute Gasteiger partial charge is 0.480 e. The molecule has 1 saturated heterocycles. The summed E-state index contributed by atoms with van der Waals surface area (Å²) in [6, 6.07) is 5.43. The first-order valence-electron chi connectivity index (χ1n) is 7.70. The van der Waals surface area contributed by atoms with Crippen molar-refractivity contribution < 1.29 is 19.4 Å². The van der Waals surface area contributed by atoms with Gasteiger partial charge in [-0.2, -0.15) is 0 Å². The minimum absolute atomic E-state index is 0. The van der Waals surface area contributed by atoms with Crippen molar-refractivity contribution in [2.75, 3.05) is 26.2 Å². The van der Waals surface area contributed by atoms with Crippen LogP contribution < -0.4 is 5.32 Å². The van der Waals surface area contributed by atoms with Crippen molar-refractivity contribution in [2.24, 2.45) is 0 Å². The van der Waals surface area contributed by atoms with Crippen LogP contribution in [0.15, 0.2) is 18.2 Å². The van der Waals surface area contributed by atoms with Crippen LogP contribution >= 0.6 is 35.6 Å². The second-order valence-electron chi connectivity index (χ2n) is 5.71. The van der Waals surface area contributed by atoms with Gasteiger partial charge in [-0.3, -0.25) is 14.5 Å². The summed E-state index contributed by atoms with van der Waals surface area (Å²) in [4.78, 5) is 24.0. The van der Waals surface area contributed by atoms with Crippen molar-refractivity contribution in [2.45, 2.75) is 25.6 Å². The van der Waals surface area contributed by atoms with E-state index in [2.05, 4.69) is 5.32 Å². The highest BCUT2D eigenvalue weighted by Gasteiger charge is 2.21. The fourth-order valence-corrected chi connectivity index (χ4v) is 2.83. The van der Waals surface area contributed by atoms with Crippen molar-refractivity contribution in [3.63, 3.8) is 0 Å². The zero-order valence-electron chi connectivity index (χ0n) is 13.5. The van der Waals surface area contributed by atoms with Crippen LogP contribution in [-0.2, 0) is 20.9 Å². The standard InChI is InChI=1S/C16H20Cl2N2O4.ClH/c17-13-2-1-11(7-14(13)18)10-24-12-3-5-20(6-4-12)9-15(21)19-8-16(22)23;/h1-2,7,12H,3-6,8-10H2,(H,19,21)(H,22,23);1H. The van der Waals surface area contributed by atoms with Crippen molar-refractivity contribution >= 4 is 47.5 Å². The van der Waals surface area contributed by atoms with Crippen LogP contribution in [0.2, 0.25) is 10.0 Å². The molecular formula is C16H21Cl3N2O4. The molecule has 2 N–H and O–H groups in total. The van der Waals surface area contributed by atoms with Gasteiger partial charge in [-0.1, -0.05) is 29.3 Å². The van der Waals surface area contributed by atoms with E-state index >= 15 is 0 Å². The Bertz CT molecular complexity index is 593. The molecule has 0 unspecified atom stereocenters. The number of halogens is 3. The quantitative estimate of drug-likeness (QED) is 0.721. The normalized spacial score (nSPS) is 15.4. The zero-order chi connectivity index (χ0) is 17.5. The molecule has 0 aliphatic carbocycles. The maximum absolute atomic E-state index is 11.6. The molecule has 1 aromatic carbocycles. The van der Waals surface area contributed by atoms with E-state index in [1.54, 1.807) is 12.1 Å². The van der Waals surface area contributed by atoms with Gasteiger partial charge in [0.05, 0.1) is 29.3 Å². The molecule has 9 heteroatoms. The molecule has 1 fully saturated rings. The minimum atomic E-state index is -1.04. The summed E-state index contributed by atoms with van der Waals surface area (Å²) in [5.74, 6) is -1.31. The Balaban J connectivity index is 0.00000312. The Morgan fingerprint density at radius 2 is 1.92 bits per heavy atom. The van der Waals surface area contributed by atoms with Crippen LogP contribution in [0.3, 0.4) is 0 Å². The number of amides is 1. The van der Waals surface area contributed by atoms with E-state index in [0.717, 1.165) is 31.5 Å². The summed E-state index contributed by atoms with van der Waals surface area (Å²) in [6.45, 7) is 1.83. The average Bonchev–Trinajstić information content (AvgIpc) is 2.55. The Labute approximate surface area is 162 Å². The molecule has 1 aliphatic heterocycles. The first kappa shape index (κ1) is 22.0. The highest BCUT2D eigenvalue weighted by molar-refractivity contribution is 6.42. The van der Waals surface area contributed by atoms with E-state index < -0.39 is 5.97 Å². The zero-order valence-corrected chi connectivity index (χ0v) is 15.9. The van der Waals surface area contributed by atoms with Gasteiger partial charge >= 0.3 is 5.97 Å². The molecule has 0 atom stereocenters. The molecule has 0 spiro atoms. The van der Waals surface area contributed by atoms with E-state index in [9.17, 15) is 9.59 Å². The number of hydrogen-bond donors (Lipinski definition) is 2. The lowest BCUT2D eigenvalue weighted by atomic mass is 10.1. The van der Waals surface area contributed by atoms with Crippen molar-refractivity contribution in [1.82, 2.24) is 10.2 Å². The molecule has 1 aromatic rings. The topological polar surface area (TPSA) is 78.9 Å². The maximum atomic E-state index is 11.6. The van der Waals surface area contributed by atoms with Crippen LogP contribution in [-0.4, -0.2) is 54.2 Å². The third-order valence-electron chi connectivity index (χ3n) is 3.81. The molecule has 1 aliphatic rings. The number of nitrogens with one attached hydrogen (secondary N) is 1. The fraction of sp³-hybridized carbons (Fsp3) is 0.500. The van der Waals surface area contributed by atoms with E-state index in [1.165, 1.54) is 0 Å². The van der Waals surface area contributed by atoms with Gasteiger partial charge in [0.2, 0.25) is 5.91 Å². The summed E-state index contributed by atoms with van der Waals surface area (Å²) in [5.41, 5.74) is 0.972. The average molecular weight is 412 g/mol. The molecule has 140 valence electrons. The number of ether oxygens (including phenoxy) is 1. The summed E-state index contributed by atoms with van der Waals surface area (Å²) < 4.78 is 5.89. The predicted molar refractivity (Wildman–Crippen MR) is 98.6 cm³/mol. The summed E-state index contributed by atoms with van der Waals surface area (Å²) in [6.07, 6.45) is 1.79. The monoisotopic (exact) mass is 410 g/mol. The number of carboxylic acid groups (broad SMARTS) is 1. The lowest BCUT2D eigenvalue weighted by molar-refractivity contribution is -0.138. The summed E-state index contributed by atoms with van der Waals surface area (Å²) >= 11 is 11.9. The van der Waals surface area contributed by atoms with Crippen LogP contribution in [0.5, 0.6) is 0 Å². The third-order valence-corrected chi connectivity index (χ3v) is 4.55. The molecule has 25 heavy (non-hydrogen) atoms.